The Labute approximate surface area is 174 Å². The standard InChI is InChI=1S/C20H24ClN5O3/c21-16-3-1-14(2-4-16)11-19(27)25-7-5-17-23-24-18(26(17)9-8-25)12-22-20(28)15-6-10-29-13-15/h1-4,15H,5-13H2,(H,22,28)/t15-/m0/s1. The zero-order valence-electron chi connectivity index (χ0n) is 16.1. The normalized spacial score (nSPS) is 18.9. The number of hydrogen-bond acceptors (Lipinski definition) is 5. The Morgan fingerprint density at radius 2 is 2.00 bits per heavy atom. The molecule has 3 heterocycles. The van der Waals surface area contributed by atoms with Crippen molar-refractivity contribution in [3.05, 3.63) is 46.5 Å². The van der Waals surface area contributed by atoms with E-state index in [0.29, 0.717) is 57.3 Å². The summed E-state index contributed by atoms with van der Waals surface area (Å²) < 4.78 is 7.28. The van der Waals surface area contributed by atoms with E-state index in [1.807, 2.05) is 21.6 Å². The molecule has 4 rings (SSSR count). The summed E-state index contributed by atoms with van der Waals surface area (Å²) in [6, 6.07) is 7.35. The van der Waals surface area contributed by atoms with Gasteiger partial charge >= 0.3 is 0 Å². The van der Waals surface area contributed by atoms with Crippen molar-refractivity contribution < 1.29 is 14.3 Å². The van der Waals surface area contributed by atoms with E-state index in [4.69, 9.17) is 16.3 Å². The molecule has 1 aromatic carbocycles. The van der Waals surface area contributed by atoms with Gasteiger partial charge in [0.1, 0.15) is 5.82 Å². The van der Waals surface area contributed by atoms with Crippen molar-refractivity contribution in [2.75, 3.05) is 26.3 Å². The van der Waals surface area contributed by atoms with Crippen LogP contribution in [-0.2, 0) is 40.3 Å². The molecule has 1 aromatic heterocycles. The second-order valence-corrected chi connectivity index (χ2v) is 7.83. The van der Waals surface area contributed by atoms with Gasteiger partial charge in [0.05, 0.1) is 25.5 Å². The summed E-state index contributed by atoms with van der Waals surface area (Å²) in [7, 11) is 0. The monoisotopic (exact) mass is 417 g/mol. The van der Waals surface area contributed by atoms with Crippen molar-refractivity contribution in [1.82, 2.24) is 25.0 Å². The second-order valence-electron chi connectivity index (χ2n) is 7.40. The predicted molar refractivity (Wildman–Crippen MR) is 106 cm³/mol. The Morgan fingerprint density at radius 1 is 1.17 bits per heavy atom. The Morgan fingerprint density at radius 3 is 2.76 bits per heavy atom. The second kappa shape index (κ2) is 8.92. The van der Waals surface area contributed by atoms with E-state index in [2.05, 4.69) is 15.5 Å². The molecule has 1 saturated heterocycles. The molecule has 1 fully saturated rings. The summed E-state index contributed by atoms with van der Waals surface area (Å²) >= 11 is 5.91. The highest BCUT2D eigenvalue weighted by molar-refractivity contribution is 6.30. The number of aromatic nitrogens is 3. The first-order chi connectivity index (χ1) is 14.1. The van der Waals surface area contributed by atoms with Crippen LogP contribution in [0.15, 0.2) is 24.3 Å². The average molecular weight is 418 g/mol. The molecule has 0 aliphatic carbocycles. The van der Waals surface area contributed by atoms with E-state index in [1.165, 1.54) is 0 Å². The highest BCUT2D eigenvalue weighted by Gasteiger charge is 2.25. The van der Waals surface area contributed by atoms with Crippen molar-refractivity contribution in [2.24, 2.45) is 5.92 Å². The van der Waals surface area contributed by atoms with E-state index < -0.39 is 0 Å². The molecule has 9 heteroatoms. The maximum Gasteiger partial charge on any atom is 0.227 e. The maximum absolute atomic E-state index is 12.7. The van der Waals surface area contributed by atoms with Gasteiger partial charge in [-0.3, -0.25) is 9.59 Å². The van der Waals surface area contributed by atoms with Crippen LogP contribution in [0.4, 0.5) is 0 Å². The van der Waals surface area contributed by atoms with Gasteiger partial charge < -0.3 is 19.5 Å². The first-order valence-corrected chi connectivity index (χ1v) is 10.3. The average Bonchev–Trinajstić information content (AvgIpc) is 3.34. The van der Waals surface area contributed by atoms with Gasteiger partial charge in [-0.15, -0.1) is 10.2 Å². The van der Waals surface area contributed by atoms with Crippen LogP contribution in [0.1, 0.15) is 23.6 Å². The van der Waals surface area contributed by atoms with Crippen LogP contribution in [0.25, 0.3) is 0 Å². The molecule has 154 valence electrons. The van der Waals surface area contributed by atoms with Crippen LogP contribution in [0, 0.1) is 5.92 Å². The molecule has 29 heavy (non-hydrogen) atoms. The first-order valence-electron chi connectivity index (χ1n) is 9.89. The molecule has 0 spiro atoms. The van der Waals surface area contributed by atoms with Crippen LogP contribution in [0.2, 0.25) is 5.02 Å². The fourth-order valence-corrected chi connectivity index (χ4v) is 3.83. The Balaban J connectivity index is 1.33. The SMILES string of the molecule is O=C(NCc1nnc2n1CCN(C(=O)Cc1ccc(Cl)cc1)CC2)[C@H]1CCOC1. The summed E-state index contributed by atoms with van der Waals surface area (Å²) in [6.07, 6.45) is 1.75. The van der Waals surface area contributed by atoms with Crippen molar-refractivity contribution in [3.8, 4) is 0 Å². The van der Waals surface area contributed by atoms with E-state index in [9.17, 15) is 9.59 Å². The molecule has 0 unspecified atom stereocenters. The number of halogens is 1. The van der Waals surface area contributed by atoms with Crippen LogP contribution in [0.3, 0.4) is 0 Å². The zero-order chi connectivity index (χ0) is 20.2. The van der Waals surface area contributed by atoms with E-state index in [0.717, 1.165) is 23.6 Å². The number of carbonyl (C=O) groups is 2. The third-order valence-corrected chi connectivity index (χ3v) is 5.70. The van der Waals surface area contributed by atoms with Gasteiger partial charge in [0.25, 0.3) is 0 Å². The molecule has 1 atom stereocenters. The first kappa shape index (κ1) is 19.8. The molecule has 2 amide bonds. The van der Waals surface area contributed by atoms with E-state index in [1.54, 1.807) is 12.1 Å². The zero-order valence-corrected chi connectivity index (χ0v) is 16.9. The molecule has 0 radical (unpaired) electrons. The summed E-state index contributed by atoms with van der Waals surface area (Å²) in [4.78, 5) is 26.8. The number of carbonyl (C=O) groups excluding carboxylic acids is 2. The van der Waals surface area contributed by atoms with Crippen LogP contribution in [-0.4, -0.2) is 57.8 Å². The lowest BCUT2D eigenvalue weighted by molar-refractivity contribution is -0.130. The van der Waals surface area contributed by atoms with E-state index >= 15 is 0 Å². The molecule has 2 aromatic rings. The minimum absolute atomic E-state index is 0.00626. The number of ether oxygens (including phenoxy) is 1. The predicted octanol–water partition coefficient (Wildman–Crippen LogP) is 1.21. The number of hydrogen-bond donors (Lipinski definition) is 1. The molecule has 0 bridgehead atoms. The minimum Gasteiger partial charge on any atom is -0.381 e. The number of nitrogens with zero attached hydrogens (tertiary/aromatic N) is 4. The van der Waals surface area contributed by atoms with Gasteiger partial charge in [0.15, 0.2) is 5.82 Å². The summed E-state index contributed by atoms with van der Waals surface area (Å²) in [5.41, 5.74) is 0.947. The molecule has 8 nitrogen and oxygen atoms in total. The molecular formula is C20H24ClN5O3. The third kappa shape index (κ3) is 4.76. The molecule has 1 N–H and O–H groups in total. The van der Waals surface area contributed by atoms with Gasteiger partial charge in [0, 0.05) is 37.7 Å². The lowest BCUT2D eigenvalue weighted by Gasteiger charge is -2.20. The van der Waals surface area contributed by atoms with Gasteiger partial charge in [-0.1, -0.05) is 23.7 Å². The Kier molecular flexibility index (Phi) is 6.10. The van der Waals surface area contributed by atoms with Gasteiger partial charge in [-0.05, 0) is 24.1 Å². The number of rotatable bonds is 5. The van der Waals surface area contributed by atoms with Crippen molar-refractivity contribution in [1.29, 1.82) is 0 Å². The lowest BCUT2D eigenvalue weighted by atomic mass is 10.1. The fourth-order valence-electron chi connectivity index (χ4n) is 3.70. The molecular weight excluding hydrogens is 394 g/mol. The lowest BCUT2D eigenvalue weighted by Crippen LogP contribution is -2.35. The van der Waals surface area contributed by atoms with Crippen molar-refractivity contribution >= 4 is 23.4 Å². The molecule has 2 aliphatic rings. The minimum atomic E-state index is -0.0810. The number of amides is 2. The van der Waals surface area contributed by atoms with Gasteiger partial charge in [-0.2, -0.15) is 0 Å². The highest BCUT2D eigenvalue weighted by Crippen LogP contribution is 2.15. The fraction of sp³-hybridized carbons (Fsp3) is 0.500. The number of fused-ring (bicyclic) bond motifs is 1. The maximum atomic E-state index is 12.7. The topological polar surface area (TPSA) is 89.4 Å². The smallest absolute Gasteiger partial charge is 0.227 e. The van der Waals surface area contributed by atoms with Gasteiger partial charge in [-0.25, -0.2) is 0 Å². The van der Waals surface area contributed by atoms with Crippen LogP contribution < -0.4 is 5.32 Å². The number of benzene rings is 1. The highest BCUT2D eigenvalue weighted by atomic mass is 35.5. The van der Waals surface area contributed by atoms with Crippen molar-refractivity contribution in [3.63, 3.8) is 0 Å². The van der Waals surface area contributed by atoms with Crippen LogP contribution in [0.5, 0.6) is 0 Å². The molecule has 2 aliphatic heterocycles. The summed E-state index contributed by atoms with van der Waals surface area (Å²) in [5, 5.41) is 12.1. The van der Waals surface area contributed by atoms with Crippen molar-refractivity contribution in [2.45, 2.75) is 32.4 Å². The Bertz CT molecular complexity index is 877. The third-order valence-electron chi connectivity index (χ3n) is 5.45. The Hall–Kier alpha value is -2.45. The molecule has 0 saturated carbocycles. The quantitative estimate of drug-likeness (QED) is 0.789. The van der Waals surface area contributed by atoms with E-state index in [-0.39, 0.29) is 17.7 Å². The summed E-state index contributed by atoms with van der Waals surface area (Å²) in [5.74, 6) is 1.57. The van der Waals surface area contributed by atoms with Crippen LogP contribution >= 0.6 is 11.6 Å². The summed E-state index contributed by atoms with van der Waals surface area (Å²) in [6.45, 7) is 3.27. The largest absolute Gasteiger partial charge is 0.381 e. The van der Waals surface area contributed by atoms with Gasteiger partial charge in [0.2, 0.25) is 11.8 Å². The number of nitrogens with one attached hydrogen (secondary N) is 1.